The fourth-order valence-corrected chi connectivity index (χ4v) is 1.51. The molecule has 0 unspecified atom stereocenters. The maximum absolute atomic E-state index is 4.15. The molecule has 0 bridgehead atoms. The molecule has 1 aromatic rings. The first kappa shape index (κ1) is 9.48. The van der Waals surface area contributed by atoms with Crippen LogP contribution in [0.2, 0.25) is 0 Å². The minimum absolute atomic E-state index is 0. The molecule has 0 radical (unpaired) electrons. The van der Waals surface area contributed by atoms with Crippen molar-refractivity contribution >= 4 is 12.4 Å². The van der Waals surface area contributed by atoms with Gasteiger partial charge in [0.15, 0.2) is 0 Å². The van der Waals surface area contributed by atoms with Crippen molar-refractivity contribution in [3.8, 4) is 0 Å². The predicted octanol–water partition coefficient (Wildman–Crippen LogP) is 0.693. The summed E-state index contributed by atoms with van der Waals surface area (Å²) >= 11 is 0. The molecule has 5 heteroatoms. The van der Waals surface area contributed by atoms with Crippen LogP contribution in [0.15, 0.2) is 6.33 Å². The Bertz CT molecular complexity index is 205. The van der Waals surface area contributed by atoms with Crippen LogP contribution in [-0.4, -0.2) is 28.3 Å². The Morgan fingerprint density at radius 2 is 2.08 bits per heavy atom. The van der Waals surface area contributed by atoms with Crippen LogP contribution in [0.5, 0.6) is 0 Å². The molecule has 12 heavy (non-hydrogen) atoms. The average Bonchev–Trinajstić information content (AvgIpc) is 2.58. The minimum Gasteiger partial charge on any atom is -0.317 e. The first-order valence-electron chi connectivity index (χ1n) is 4.03. The Kier molecular flexibility index (Phi) is 3.49. The lowest BCUT2D eigenvalue weighted by Crippen LogP contribution is -2.27. The second-order valence-corrected chi connectivity index (χ2v) is 2.89. The van der Waals surface area contributed by atoms with Crippen LogP contribution in [0.3, 0.4) is 0 Å². The molecule has 1 aromatic heterocycles. The van der Waals surface area contributed by atoms with Gasteiger partial charge in [-0.3, -0.25) is 5.10 Å². The Morgan fingerprint density at radius 1 is 1.33 bits per heavy atom. The molecule has 1 fully saturated rings. The molecule has 2 N–H and O–H groups in total. The first-order chi connectivity index (χ1) is 5.47. The molecule has 2 rings (SSSR count). The van der Waals surface area contributed by atoms with E-state index in [1.165, 1.54) is 12.8 Å². The lowest BCUT2D eigenvalue weighted by molar-refractivity contribution is 0.446. The van der Waals surface area contributed by atoms with Crippen LogP contribution >= 0.6 is 12.4 Å². The summed E-state index contributed by atoms with van der Waals surface area (Å²) in [6.07, 6.45) is 3.93. The molecule has 0 saturated carbocycles. The van der Waals surface area contributed by atoms with Gasteiger partial charge in [-0.25, -0.2) is 4.98 Å². The van der Waals surface area contributed by atoms with Crippen LogP contribution in [0.1, 0.15) is 24.6 Å². The highest BCUT2D eigenvalue weighted by molar-refractivity contribution is 5.85. The van der Waals surface area contributed by atoms with Gasteiger partial charge in [0.2, 0.25) is 0 Å². The van der Waals surface area contributed by atoms with Gasteiger partial charge in [-0.05, 0) is 25.9 Å². The molecule has 0 amide bonds. The van der Waals surface area contributed by atoms with E-state index in [1.807, 2.05) is 0 Å². The Morgan fingerprint density at radius 3 is 2.67 bits per heavy atom. The summed E-state index contributed by atoms with van der Waals surface area (Å²) in [6.45, 7) is 2.21. The van der Waals surface area contributed by atoms with Gasteiger partial charge in [0, 0.05) is 5.92 Å². The number of piperidine rings is 1. The molecular formula is C7H13ClN4. The van der Waals surface area contributed by atoms with E-state index >= 15 is 0 Å². The molecule has 68 valence electrons. The summed E-state index contributed by atoms with van der Waals surface area (Å²) in [6, 6.07) is 0. The van der Waals surface area contributed by atoms with Crippen LogP contribution in [0.4, 0.5) is 0 Å². The molecule has 0 aromatic carbocycles. The number of aromatic amines is 1. The number of hydrogen-bond donors (Lipinski definition) is 2. The Labute approximate surface area is 77.6 Å². The van der Waals surface area contributed by atoms with Crippen LogP contribution < -0.4 is 5.32 Å². The van der Waals surface area contributed by atoms with E-state index in [9.17, 15) is 0 Å². The van der Waals surface area contributed by atoms with E-state index in [0.717, 1.165) is 18.9 Å². The smallest absolute Gasteiger partial charge is 0.137 e. The predicted molar refractivity (Wildman–Crippen MR) is 48.5 cm³/mol. The van der Waals surface area contributed by atoms with Crippen LogP contribution in [0, 0.1) is 0 Å². The van der Waals surface area contributed by atoms with E-state index in [0.29, 0.717) is 5.92 Å². The fourth-order valence-electron chi connectivity index (χ4n) is 1.51. The topological polar surface area (TPSA) is 53.6 Å². The van der Waals surface area contributed by atoms with Crippen molar-refractivity contribution in [3.05, 3.63) is 12.2 Å². The molecule has 0 spiro atoms. The number of H-pyrrole nitrogens is 1. The lowest BCUT2D eigenvalue weighted by atomic mass is 9.98. The zero-order valence-electron chi connectivity index (χ0n) is 6.79. The summed E-state index contributed by atoms with van der Waals surface area (Å²) in [7, 11) is 0. The van der Waals surface area contributed by atoms with Crippen molar-refractivity contribution in [1.29, 1.82) is 0 Å². The fraction of sp³-hybridized carbons (Fsp3) is 0.714. The molecular weight excluding hydrogens is 176 g/mol. The third kappa shape index (κ3) is 1.95. The minimum atomic E-state index is 0. The largest absolute Gasteiger partial charge is 0.317 e. The standard InChI is InChI=1S/C7H12N4.ClH/c1-3-8-4-2-6(1)7-9-5-10-11-7;/h5-6,8H,1-4H2,(H,9,10,11);1H. The van der Waals surface area contributed by atoms with Crippen molar-refractivity contribution < 1.29 is 0 Å². The molecule has 0 aliphatic carbocycles. The first-order valence-corrected chi connectivity index (χ1v) is 4.03. The van der Waals surface area contributed by atoms with Crippen molar-refractivity contribution in [2.45, 2.75) is 18.8 Å². The normalized spacial score (nSPS) is 18.7. The summed E-state index contributed by atoms with van der Waals surface area (Å²) in [5.74, 6) is 1.64. The molecule has 1 aliphatic heterocycles. The number of rotatable bonds is 1. The van der Waals surface area contributed by atoms with Gasteiger partial charge in [0.25, 0.3) is 0 Å². The molecule has 2 heterocycles. The number of halogens is 1. The third-order valence-corrected chi connectivity index (χ3v) is 2.16. The van der Waals surface area contributed by atoms with Crippen LogP contribution in [0.25, 0.3) is 0 Å². The number of hydrogen-bond acceptors (Lipinski definition) is 3. The maximum Gasteiger partial charge on any atom is 0.137 e. The highest BCUT2D eigenvalue weighted by atomic mass is 35.5. The zero-order valence-corrected chi connectivity index (χ0v) is 7.60. The highest BCUT2D eigenvalue weighted by Gasteiger charge is 2.16. The number of nitrogens with one attached hydrogen (secondary N) is 2. The van der Waals surface area contributed by atoms with Gasteiger partial charge < -0.3 is 5.32 Å². The molecule has 1 saturated heterocycles. The van der Waals surface area contributed by atoms with Crippen molar-refractivity contribution in [2.75, 3.05) is 13.1 Å². The summed E-state index contributed by atoms with van der Waals surface area (Å²) in [5, 5.41) is 10.1. The third-order valence-electron chi connectivity index (χ3n) is 2.16. The van der Waals surface area contributed by atoms with Crippen molar-refractivity contribution in [1.82, 2.24) is 20.5 Å². The van der Waals surface area contributed by atoms with E-state index in [2.05, 4.69) is 20.5 Å². The van der Waals surface area contributed by atoms with Gasteiger partial charge >= 0.3 is 0 Å². The maximum atomic E-state index is 4.15. The molecule has 4 nitrogen and oxygen atoms in total. The van der Waals surface area contributed by atoms with Crippen LogP contribution in [-0.2, 0) is 0 Å². The number of nitrogens with zero attached hydrogens (tertiary/aromatic N) is 2. The van der Waals surface area contributed by atoms with E-state index in [4.69, 9.17) is 0 Å². The van der Waals surface area contributed by atoms with E-state index < -0.39 is 0 Å². The molecule has 1 aliphatic rings. The lowest BCUT2D eigenvalue weighted by Gasteiger charge is -2.19. The van der Waals surface area contributed by atoms with Gasteiger partial charge in [0.1, 0.15) is 12.2 Å². The van der Waals surface area contributed by atoms with Gasteiger partial charge in [-0.15, -0.1) is 12.4 Å². The van der Waals surface area contributed by atoms with Gasteiger partial charge in [0.05, 0.1) is 0 Å². The Balaban J connectivity index is 0.000000720. The van der Waals surface area contributed by atoms with E-state index in [-0.39, 0.29) is 12.4 Å². The zero-order chi connectivity index (χ0) is 7.52. The van der Waals surface area contributed by atoms with E-state index in [1.54, 1.807) is 6.33 Å². The number of aromatic nitrogens is 3. The quantitative estimate of drug-likeness (QED) is 0.682. The average molecular weight is 189 g/mol. The summed E-state index contributed by atoms with van der Waals surface area (Å²) < 4.78 is 0. The van der Waals surface area contributed by atoms with Crippen molar-refractivity contribution in [3.63, 3.8) is 0 Å². The summed E-state index contributed by atoms with van der Waals surface area (Å²) in [4.78, 5) is 4.15. The van der Waals surface area contributed by atoms with Gasteiger partial charge in [-0.2, -0.15) is 5.10 Å². The Hall–Kier alpha value is -0.610. The van der Waals surface area contributed by atoms with Gasteiger partial charge in [-0.1, -0.05) is 0 Å². The SMILES string of the molecule is Cl.c1n[nH]c(C2CCNCC2)n1. The second kappa shape index (κ2) is 4.42. The highest BCUT2D eigenvalue weighted by Crippen LogP contribution is 2.20. The molecule has 0 atom stereocenters. The second-order valence-electron chi connectivity index (χ2n) is 2.89. The monoisotopic (exact) mass is 188 g/mol. The summed E-state index contributed by atoms with van der Waals surface area (Å²) in [5.41, 5.74) is 0. The van der Waals surface area contributed by atoms with Crippen molar-refractivity contribution in [2.24, 2.45) is 0 Å².